The molecule has 0 amide bonds. The van der Waals surface area contributed by atoms with Gasteiger partial charge in [0, 0.05) is 20.2 Å². The molecule has 1 aromatic heterocycles. The molecule has 0 unspecified atom stereocenters. The molecule has 9 aromatic rings. The second-order valence-corrected chi connectivity index (χ2v) is 12.0. The van der Waals surface area contributed by atoms with Gasteiger partial charge in [-0.05, 0) is 90.0 Å². The van der Waals surface area contributed by atoms with Crippen molar-refractivity contribution in [2.75, 3.05) is 0 Å². The minimum Gasteiger partial charge on any atom is -0.135 e. The third kappa shape index (κ3) is 3.46. The molecule has 0 aliphatic carbocycles. The predicted octanol–water partition coefficient (Wildman–Crippen LogP) is 12.0. The van der Waals surface area contributed by atoms with Crippen LogP contribution in [0.5, 0.6) is 0 Å². The third-order valence-corrected chi connectivity index (χ3v) is 9.78. The predicted molar refractivity (Wildman–Crippen MR) is 179 cm³/mol. The standard InChI is InChI=1S/C40H24S/c1-2-7-25(8-3-1)35-23-29(17-20-32(35)30-18-22-38-36(24-30)33-11-4-5-12-37(33)41-38)31-19-15-28-14-13-26-9-6-10-27-16-21-34(31)40(28)39(26)27/h1-24H. The van der Waals surface area contributed by atoms with E-state index in [1.165, 1.54) is 85.9 Å². The molecule has 8 aromatic carbocycles. The van der Waals surface area contributed by atoms with E-state index >= 15 is 0 Å². The zero-order valence-electron chi connectivity index (χ0n) is 22.3. The van der Waals surface area contributed by atoms with Crippen molar-refractivity contribution in [1.82, 2.24) is 0 Å². The molecular formula is C40H24S. The van der Waals surface area contributed by atoms with E-state index in [2.05, 4.69) is 146 Å². The Morgan fingerprint density at radius 1 is 0.317 bits per heavy atom. The molecule has 0 radical (unpaired) electrons. The molecule has 41 heavy (non-hydrogen) atoms. The molecule has 1 heteroatoms. The fourth-order valence-corrected chi connectivity index (χ4v) is 7.79. The summed E-state index contributed by atoms with van der Waals surface area (Å²) >= 11 is 1.87. The quantitative estimate of drug-likeness (QED) is 0.197. The fourth-order valence-electron chi connectivity index (χ4n) is 6.70. The first-order valence-electron chi connectivity index (χ1n) is 14.1. The monoisotopic (exact) mass is 536 g/mol. The van der Waals surface area contributed by atoms with Gasteiger partial charge >= 0.3 is 0 Å². The molecule has 0 fully saturated rings. The summed E-state index contributed by atoms with van der Waals surface area (Å²) in [5, 5.41) is 10.6. The average molecular weight is 537 g/mol. The van der Waals surface area contributed by atoms with Crippen LogP contribution >= 0.6 is 11.3 Å². The summed E-state index contributed by atoms with van der Waals surface area (Å²) in [4.78, 5) is 0. The lowest BCUT2D eigenvalue weighted by Crippen LogP contribution is -1.90. The van der Waals surface area contributed by atoms with E-state index in [-0.39, 0.29) is 0 Å². The Morgan fingerprint density at radius 2 is 0.976 bits per heavy atom. The van der Waals surface area contributed by atoms with E-state index < -0.39 is 0 Å². The van der Waals surface area contributed by atoms with Crippen LogP contribution in [0.1, 0.15) is 0 Å². The van der Waals surface area contributed by atoms with E-state index in [4.69, 9.17) is 0 Å². The van der Waals surface area contributed by atoms with Crippen molar-refractivity contribution in [3.63, 3.8) is 0 Å². The molecule has 190 valence electrons. The van der Waals surface area contributed by atoms with Gasteiger partial charge in [-0.1, -0.05) is 121 Å². The van der Waals surface area contributed by atoms with Gasteiger partial charge < -0.3 is 0 Å². The molecule has 0 spiro atoms. The van der Waals surface area contributed by atoms with E-state index in [0.29, 0.717) is 0 Å². The Labute approximate surface area is 242 Å². The van der Waals surface area contributed by atoms with E-state index in [1.807, 2.05) is 11.3 Å². The number of rotatable bonds is 3. The Morgan fingerprint density at radius 3 is 1.85 bits per heavy atom. The summed E-state index contributed by atoms with van der Waals surface area (Å²) in [6, 6.07) is 53.8. The van der Waals surface area contributed by atoms with Gasteiger partial charge in [-0.3, -0.25) is 0 Å². The van der Waals surface area contributed by atoms with Gasteiger partial charge in [0.2, 0.25) is 0 Å². The molecule has 0 saturated carbocycles. The maximum atomic E-state index is 2.40. The van der Waals surface area contributed by atoms with E-state index in [9.17, 15) is 0 Å². The number of hydrogen-bond acceptors (Lipinski definition) is 1. The van der Waals surface area contributed by atoms with Gasteiger partial charge in [0.05, 0.1) is 0 Å². The molecule has 0 aliphatic heterocycles. The largest absolute Gasteiger partial charge is 0.135 e. The first kappa shape index (κ1) is 22.8. The second kappa shape index (κ2) is 8.76. The van der Waals surface area contributed by atoms with Crippen molar-refractivity contribution >= 4 is 63.8 Å². The highest BCUT2D eigenvalue weighted by Crippen LogP contribution is 2.43. The minimum atomic E-state index is 1.23. The lowest BCUT2D eigenvalue weighted by Gasteiger charge is -2.17. The normalized spacial score (nSPS) is 11.9. The van der Waals surface area contributed by atoms with Gasteiger partial charge in [0.25, 0.3) is 0 Å². The van der Waals surface area contributed by atoms with Gasteiger partial charge in [-0.15, -0.1) is 11.3 Å². The number of benzene rings is 8. The van der Waals surface area contributed by atoms with Crippen LogP contribution in [0, 0.1) is 0 Å². The van der Waals surface area contributed by atoms with E-state index in [0.717, 1.165) is 0 Å². The van der Waals surface area contributed by atoms with Crippen molar-refractivity contribution in [3.05, 3.63) is 146 Å². The molecule has 9 rings (SSSR count). The van der Waals surface area contributed by atoms with Crippen molar-refractivity contribution in [2.45, 2.75) is 0 Å². The molecule has 0 nitrogen and oxygen atoms in total. The minimum absolute atomic E-state index is 1.23. The Bertz CT molecular complexity index is 2390. The Kier molecular flexibility index (Phi) is 4.87. The molecular weight excluding hydrogens is 513 g/mol. The zero-order chi connectivity index (χ0) is 26.9. The van der Waals surface area contributed by atoms with Crippen molar-refractivity contribution in [3.8, 4) is 33.4 Å². The Hall–Kier alpha value is -4.98. The van der Waals surface area contributed by atoms with Gasteiger partial charge in [0.15, 0.2) is 0 Å². The van der Waals surface area contributed by atoms with Crippen LogP contribution in [0.15, 0.2) is 146 Å². The third-order valence-electron chi connectivity index (χ3n) is 8.63. The number of fused-ring (bicyclic) bond motifs is 3. The summed E-state index contributed by atoms with van der Waals surface area (Å²) < 4.78 is 2.67. The first-order chi connectivity index (χ1) is 20.3. The number of hydrogen-bond donors (Lipinski definition) is 0. The smallest absolute Gasteiger partial charge is 0.0355 e. The fraction of sp³-hybridized carbons (Fsp3) is 0. The van der Waals surface area contributed by atoms with Crippen LogP contribution in [0.3, 0.4) is 0 Å². The van der Waals surface area contributed by atoms with Crippen molar-refractivity contribution in [2.24, 2.45) is 0 Å². The first-order valence-corrected chi connectivity index (χ1v) is 14.9. The molecule has 0 atom stereocenters. The van der Waals surface area contributed by atoms with Gasteiger partial charge in [-0.25, -0.2) is 0 Å². The maximum absolute atomic E-state index is 2.40. The highest BCUT2D eigenvalue weighted by Gasteiger charge is 2.15. The Balaban J connectivity index is 1.29. The summed E-state index contributed by atoms with van der Waals surface area (Å²) in [6.45, 7) is 0. The SMILES string of the molecule is c1ccc(-c2cc(-c3ccc4ccc5cccc6ccc3c4c56)ccc2-c2ccc3sc4ccccc4c3c2)cc1. The maximum Gasteiger partial charge on any atom is 0.0355 e. The number of thiophene rings is 1. The molecule has 0 N–H and O–H groups in total. The highest BCUT2D eigenvalue weighted by atomic mass is 32.1. The lowest BCUT2D eigenvalue weighted by atomic mass is 9.87. The molecule has 1 heterocycles. The van der Waals surface area contributed by atoms with Gasteiger partial charge in [-0.2, -0.15) is 0 Å². The topological polar surface area (TPSA) is 0 Å². The lowest BCUT2D eigenvalue weighted by molar-refractivity contribution is 1.59. The molecule has 0 aliphatic rings. The van der Waals surface area contributed by atoms with Crippen molar-refractivity contribution < 1.29 is 0 Å². The second-order valence-electron chi connectivity index (χ2n) is 10.9. The van der Waals surface area contributed by atoms with Crippen LogP contribution < -0.4 is 0 Å². The zero-order valence-corrected chi connectivity index (χ0v) is 23.1. The molecule has 0 bridgehead atoms. The summed E-state index contributed by atoms with van der Waals surface area (Å²) in [7, 11) is 0. The summed E-state index contributed by atoms with van der Waals surface area (Å²) in [5.74, 6) is 0. The van der Waals surface area contributed by atoms with Crippen LogP contribution in [0.2, 0.25) is 0 Å². The highest BCUT2D eigenvalue weighted by molar-refractivity contribution is 7.25. The van der Waals surface area contributed by atoms with Crippen molar-refractivity contribution in [1.29, 1.82) is 0 Å². The van der Waals surface area contributed by atoms with E-state index in [1.54, 1.807) is 0 Å². The molecule has 0 saturated heterocycles. The van der Waals surface area contributed by atoms with Crippen LogP contribution in [0.4, 0.5) is 0 Å². The average Bonchev–Trinajstić information content (AvgIpc) is 3.42. The summed E-state index contributed by atoms with van der Waals surface area (Å²) in [5.41, 5.74) is 7.52. The van der Waals surface area contributed by atoms with Gasteiger partial charge in [0.1, 0.15) is 0 Å². The summed E-state index contributed by atoms with van der Waals surface area (Å²) in [6.07, 6.45) is 0. The van der Waals surface area contributed by atoms with Crippen LogP contribution in [0.25, 0.3) is 85.9 Å². The van der Waals surface area contributed by atoms with Crippen LogP contribution in [-0.2, 0) is 0 Å². The van der Waals surface area contributed by atoms with Crippen LogP contribution in [-0.4, -0.2) is 0 Å².